The number of rotatable bonds is 2. The molecule has 0 aliphatic carbocycles. The molecule has 0 spiro atoms. The lowest BCUT2D eigenvalue weighted by Gasteiger charge is -1.73. The molecule has 8 heavy (non-hydrogen) atoms. The number of thiol groups is 1. The van der Waals surface area contributed by atoms with Crippen LogP contribution in [0.25, 0.3) is 0 Å². The van der Waals surface area contributed by atoms with Gasteiger partial charge in [0.25, 0.3) is 0 Å². The van der Waals surface area contributed by atoms with Crippen molar-refractivity contribution in [3.05, 3.63) is 12.8 Å². The standard InChI is InChI=1S/C5H6NOS/c1-3-6-5(8)4(2)7/h1,3,8H,2H3/q+1. The maximum Gasteiger partial charge on any atom is 0.339 e. The van der Waals surface area contributed by atoms with E-state index in [1.807, 2.05) is 0 Å². The molecule has 0 aliphatic rings. The Morgan fingerprint density at radius 2 is 2.38 bits per heavy atom. The molecule has 0 N–H and O–H groups in total. The summed E-state index contributed by atoms with van der Waals surface area (Å²) in [6, 6.07) is 0. The third kappa shape index (κ3) is 2.58. The Morgan fingerprint density at radius 1 is 1.88 bits per heavy atom. The summed E-state index contributed by atoms with van der Waals surface area (Å²) in [5.74, 6) is -0.185. The molecular formula is C5H6NOS+. The summed E-state index contributed by atoms with van der Waals surface area (Å²) in [6.45, 7) is 6.22. The molecule has 0 aromatic carbocycles. The van der Waals surface area contributed by atoms with Gasteiger partial charge in [-0.15, -0.1) is 0 Å². The molecule has 0 atom stereocenters. The van der Waals surface area contributed by atoms with Gasteiger partial charge in [-0.2, -0.15) is 0 Å². The van der Waals surface area contributed by atoms with Crippen LogP contribution in [-0.4, -0.2) is 10.8 Å². The van der Waals surface area contributed by atoms with Gasteiger partial charge in [-0.1, -0.05) is 0 Å². The van der Waals surface area contributed by atoms with Gasteiger partial charge in [0.1, 0.15) is 0 Å². The van der Waals surface area contributed by atoms with Gasteiger partial charge in [0.2, 0.25) is 18.4 Å². The molecule has 0 bridgehead atoms. The summed E-state index contributed by atoms with van der Waals surface area (Å²) >= 11 is 3.69. The molecule has 0 fully saturated rings. The van der Waals surface area contributed by atoms with Crippen LogP contribution in [0.3, 0.4) is 0 Å². The molecule has 0 heterocycles. The maximum absolute atomic E-state index is 10.3. The third-order valence-corrected chi connectivity index (χ3v) is 0.942. The van der Waals surface area contributed by atoms with E-state index in [-0.39, 0.29) is 10.8 Å². The summed E-state index contributed by atoms with van der Waals surface area (Å²) in [4.78, 5) is 13.7. The Kier molecular flexibility index (Phi) is 3.19. The van der Waals surface area contributed by atoms with E-state index in [2.05, 4.69) is 17.6 Å². The zero-order chi connectivity index (χ0) is 6.57. The number of carbonyl (C=O) groups excluding carboxylic acids is 1. The summed E-state index contributed by atoms with van der Waals surface area (Å²) in [6.07, 6.45) is 1.03. The first-order valence-corrected chi connectivity index (χ1v) is 2.44. The zero-order valence-electron chi connectivity index (χ0n) is 4.46. The molecule has 0 aromatic rings. The summed E-state index contributed by atoms with van der Waals surface area (Å²) in [7, 11) is 0. The van der Waals surface area contributed by atoms with E-state index in [4.69, 9.17) is 6.58 Å². The number of hydrogen-bond acceptors (Lipinski definition) is 2. The highest BCUT2D eigenvalue weighted by Gasteiger charge is 2.07. The molecular weight excluding hydrogens is 122 g/mol. The first-order valence-electron chi connectivity index (χ1n) is 1.99. The molecule has 0 saturated heterocycles. The molecule has 42 valence electrons. The first-order chi connectivity index (χ1) is 3.68. The Bertz CT molecular complexity index is 139. The fraction of sp³-hybridized carbons (Fsp3) is 0.200. The predicted octanol–water partition coefficient (Wildman–Crippen LogP) is 0.200. The fourth-order valence-electron chi connectivity index (χ4n) is 0.162. The van der Waals surface area contributed by atoms with Crippen LogP contribution in [-0.2, 0) is 17.4 Å². The topological polar surface area (TPSA) is 29.4 Å². The Morgan fingerprint density at radius 3 is 2.50 bits per heavy atom. The van der Waals surface area contributed by atoms with E-state index in [1.165, 1.54) is 6.92 Å². The van der Waals surface area contributed by atoms with Gasteiger partial charge in [0.05, 0.1) is 0 Å². The van der Waals surface area contributed by atoms with Crippen molar-refractivity contribution in [1.82, 2.24) is 0 Å². The van der Waals surface area contributed by atoms with Gasteiger partial charge in [0, 0.05) is 13.1 Å². The highest BCUT2D eigenvalue weighted by Crippen LogP contribution is 1.77. The smallest absolute Gasteiger partial charge is 0.287 e. The largest absolute Gasteiger partial charge is 0.339 e. The minimum absolute atomic E-state index is 0.132. The van der Waals surface area contributed by atoms with Gasteiger partial charge in [-0.3, -0.25) is 4.79 Å². The molecule has 0 unspecified atom stereocenters. The van der Waals surface area contributed by atoms with Crippen LogP contribution < -0.4 is 0 Å². The molecule has 2 radical (unpaired) electrons. The predicted molar refractivity (Wildman–Crippen MR) is 35.7 cm³/mol. The Balaban J connectivity index is 3.99. The normalized spacial score (nSPS) is 11.0. The van der Waals surface area contributed by atoms with Gasteiger partial charge < -0.3 is 0 Å². The van der Waals surface area contributed by atoms with Crippen molar-refractivity contribution in [2.45, 2.75) is 6.92 Å². The fourth-order valence-corrected chi connectivity index (χ4v) is 0.228. The molecule has 0 aromatic heterocycles. The van der Waals surface area contributed by atoms with E-state index < -0.39 is 0 Å². The van der Waals surface area contributed by atoms with E-state index in [1.54, 1.807) is 0 Å². The monoisotopic (exact) mass is 128 g/mol. The van der Waals surface area contributed by atoms with Crippen molar-refractivity contribution in [3.8, 4) is 0 Å². The van der Waals surface area contributed by atoms with Crippen LogP contribution in [0.4, 0.5) is 0 Å². The van der Waals surface area contributed by atoms with E-state index >= 15 is 0 Å². The summed E-state index contributed by atoms with van der Waals surface area (Å²) in [5, 5.41) is 0.132. The highest BCUT2D eigenvalue weighted by atomic mass is 32.1. The molecule has 3 heteroatoms. The third-order valence-electron chi connectivity index (χ3n) is 0.512. The quantitative estimate of drug-likeness (QED) is 0.226. The van der Waals surface area contributed by atoms with E-state index in [0.29, 0.717) is 0 Å². The van der Waals surface area contributed by atoms with Crippen molar-refractivity contribution in [2.24, 2.45) is 4.99 Å². The highest BCUT2D eigenvalue weighted by molar-refractivity contribution is 7.80. The van der Waals surface area contributed by atoms with Crippen LogP contribution in [0.15, 0.2) is 11.2 Å². The average Bonchev–Trinajstić information content (AvgIpc) is 1.67. The number of nitrogens with zero attached hydrogens (tertiary/aromatic N) is 1. The lowest BCUT2D eigenvalue weighted by Crippen LogP contribution is -2.03. The summed E-state index contributed by atoms with van der Waals surface area (Å²) < 4.78 is 0. The summed E-state index contributed by atoms with van der Waals surface area (Å²) in [5.41, 5.74) is 0. The average molecular weight is 128 g/mol. The van der Waals surface area contributed by atoms with Gasteiger partial charge in [0.15, 0.2) is 0 Å². The molecule has 0 saturated carbocycles. The van der Waals surface area contributed by atoms with Gasteiger partial charge in [-0.05, 0) is 6.58 Å². The number of carbonyl (C=O) groups is 1. The van der Waals surface area contributed by atoms with Crippen molar-refractivity contribution >= 4 is 23.5 Å². The second-order valence-corrected chi connectivity index (χ2v) is 1.58. The Labute approximate surface area is 53.7 Å². The van der Waals surface area contributed by atoms with Crippen LogP contribution in [0.2, 0.25) is 0 Å². The molecule has 2 nitrogen and oxygen atoms in total. The minimum Gasteiger partial charge on any atom is -0.287 e. The molecule has 0 rings (SSSR count). The van der Waals surface area contributed by atoms with Crippen molar-refractivity contribution in [2.75, 3.05) is 0 Å². The molecule has 0 aliphatic heterocycles. The first kappa shape index (κ1) is 7.43. The maximum atomic E-state index is 10.3. The second-order valence-electron chi connectivity index (χ2n) is 1.16. The van der Waals surface area contributed by atoms with Gasteiger partial charge in [-0.25, -0.2) is 4.99 Å². The second kappa shape index (κ2) is 3.43. The van der Waals surface area contributed by atoms with Crippen LogP contribution in [0.5, 0.6) is 0 Å². The van der Waals surface area contributed by atoms with Crippen LogP contribution in [0, 0.1) is 6.58 Å². The van der Waals surface area contributed by atoms with E-state index in [9.17, 15) is 4.79 Å². The van der Waals surface area contributed by atoms with Crippen molar-refractivity contribution < 1.29 is 4.79 Å². The van der Waals surface area contributed by atoms with Crippen LogP contribution >= 0.6 is 0 Å². The lowest BCUT2D eigenvalue weighted by atomic mass is 10.5. The number of ketones is 1. The molecule has 0 amide bonds. The van der Waals surface area contributed by atoms with E-state index in [0.717, 1.165) is 6.20 Å². The van der Waals surface area contributed by atoms with Crippen molar-refractivity contribution in [3.63, 3.8) is 0 Å². The Hall–Kier alpha value is -0.570. The lowest BCUT2D eigenvalue weighted by molar-refractivity contribution is -0.110. The number of Topliss-reactive ketones (excluding diaryl/α,β-unsaturated/α-hetero) is 1. The van der Waals surface area contributed by atoms with Crippen molar-refractivity contribution in [1.29, 1.82) is 0 Å². The number of aliphatic imine (C=N–C) groups is 1. The van der Waals surface area contributed by atoms with Crippen LogP contribution in [0.1, 0.15) is 6.92 Å². The minimum atomic E-state index is -0.185. The zero-order valence-corrected chi connectivity index (χ0v) is 5.35. The van der Waals surface area contributed by atoms with Gasteiger partial charge >= 0.3 is 5.04 Å². The SMILES string of the molecule is [CH]=CN=C([SH+])C(C)=O. The number of hydrogen-bond donors (Lipinski definition) is 0.